The molecular weight excluding hydrogens is 454 g/mol. The highest BCUT2D eigenvalue weighted by Gasteiger charge is 2.20. The van der Waals surface area contributed by atoms with Crippen LogP contribution >= 0.6 is 35.7 Å². The zero-order valence-corrected chi connectivity index (χ0v) is 17.9. The standard InChI is InChI=1S/C17H25FN4OS.HI/c1-3-19-17(22-11-9-21(10-12-22)14(2)23)20-8-13-24-16-6-4-15(18)5-7-16;/h4-7H,3,8-13H2,1-2H3,(H,19,20);1H. The Morgan fingerprint density at radius 3 is 2.36 bits per heavy atom. The molecule has 0 atom stereocenters. The van der Waals surface area contributed by atoms with Gasteiger partial charge < -0.3 is 15.1 Å². The van der Waals surface area contributed by atoms with Gasteiger partial charge >= 0.3 is 0 Å². The lowest BCUT2D eigenvalue weighted by atomic mass is 10.3. The largest absolute Gasteiger partial charge is 0.357 e. The molecule has 5 nitrogen and oxygen atoms in total. The maximum atomic E-state index is 12.9. The average Bonchev–Trinajstić information content (AvgIpc) is 2.59. The first-order valence-corrected chi connectivity index (χ1v) is 9.26. The summed E-state index contributed by atoms with van der Waals surface area (Å²) in [6, 6.07) is 6.53. The van der Waals surface area contributed by atoms with Crippen LogP contribution in [0.5, 0.6) is 0 Å². The molecule has 0 spiro atoms. The summed E-state index contributed by atoms with van der Waals surface area (Å²) in [6.07, 6.45) is 0. The van der Waals surface area contributed by atoms with Crippen molar-refractivity contribution in [1.29, 1.82) is 0 Å². The molecule has 1 N–H and O–H groups in total. The van der Waals surface area contributed by atoms with Crippen LogP contribution in [0.15, 0.2) is 34.2 Å². The van der Waals surface area contributed by atoms with E-state index in [0.717, 1.165) is 49.3 Å². The average molecular weight is 480 g/mol. The maximum absolute atomic E-state index is 12.9. The van der Waals surface area contributed by atoms with E-state index in [1.807, 2.05) is 4.90 Å². The molecule has 0 aliphatic carbocycles. The highest BCUT2D eigenvalue weighted by Crippen LogP contribution is 2.17. The third-order valence-electron chi connectivity index (χ3n) is 3.79. The second-order valence-corrected chi connectivity index (χ2v) is 6.70. The quantitative estimate of drug-likeness (QED) is 0.232. The SMILES string of the molecule is CCNC(=NCCSc1ccc(F)cc1)N1CCN(C(C)=O)CC1.I. The topological polar surface area (TPSA) is 47.9 Å². The number of amides is 1. The zero-order chi connectivity index (χ0) is 17.4. The number of halogens is 2. The van der Waals surface area contributed by atoms with E-state index >= 15 is 0 Å². The summed E-state index contributed by atoms with van der Waals surface area (Å²) in [5.41, 5.74) is 0. The smallest absolute Gasteiger partial charge is 0.219 e. The minimum absolute atomic E-state index is 0. The first-order chi connectivity index (χ1) is 11.6. The minimum atomic E-state index is -0.212. The lowest BCUT2D eigenvalue weighted by Gasteiger charge is -2.36. The predicted octanol–water partition coefficient (Wildman–Crippen LogP) is 2.67. The molecule has 8 heteroatoms. The summed E-state index contributed by atoms with van der Waals surface area (Å²) in [7, 11) is 0. The molecule has 1 heterocycles. The van der Waals surface area contributed by atoms with E-state index in [0.29, 0.717) is 6.54 Å². The zero-order valence-electron chi connectivity index (χ0n) is 14.7. The molecule has 1 aromatic rings. The second-order valence-electron chi connectivity index (χ2n) is 5.53. The lowest BCUT2D eigenvalue weighted by Crippen LogP contribution is -2.53. The number of nitrogens with zero attached hydrogens (tertiary/aromatic N) is 3. The summed E-state index contributed by atoms with van der Waals surface area (Å²) in [6.45, 7) is 8.26. The molecule has 0 aromatic heterocycles. The Hall–Kier alpha value is -1.03. The highest BCUT2D eigenvalue weighted by molar-refractivity contribution is 14.0. The Kier molecular flexibility index (Phi) is 10.2. The molecule has 0 radical (unpaired) electrons. The van der Waals surface area contributed by atoms with E-state index in [-0.39, 0.29) is 35.7 Å². The first-order valence-electron chi connectivity index (χ1n) is 8.27. The number of hydrogen-bond acceptors (Lipinski definition) is 3. The van der Waals surface area contributed by atoms with E-state index in [4.69, 9.17) is 0 Å². The van der Waals surface area contributed by atoms with Crippen LogP contribution in [0.1, 0.15) is 13.8 Å². The molecular formula is C17H26FIN4OS. The van der Waals surface area contributed by atoms with Crippen LogP contribution in [0.3, 0.4) is 0 Å². The van der Waals surface area contributed by atoms with Gasteiger partial charge in [0.1, 0.15) is 5.82 Å². The highest BCUT2D eigenvalue weighted by atomic mass is 127. The van der Waals surface area contributed by atoms with Crippen molar-refractivity contribution in [2.75, 3.05) is 45.0 Å². The molecule has 25 heavy (non-hydrogen) atoms. The first kappa shape index (κ1) is 22.0. The number of thioether (sulfide) groups is 1. The van der Waals surface area contributed by atoms with Gasteiger partial charge in [-0.1, -0.05) is 0 Å². The number of nitrogens with one attached hydrogen (secondary N) is 1. The van der Waals surface area contributed by atoms with E-state index in [9.17, 15) is 9.18 Å². The van der Waals surface area contributed by atoms with Crippen molar-refractivity contribution in [2.24, 2.45) is 4.99 Å². The van der Waals surface area contributed by atoms with Gasteiger partial charge in [0.2, 0.25) is 5.91 Å². The molecule has 0 saturated carbocycles. The van der Waals surface area contributed by atoms with Crippen molar-refractivity contribution in [3.05, 3.63) is 30.1 Å². The van der Waals surface area contributed by atoms with E-state index in [2.05, 4.69) is 22.1 Å². The van der Waals surface area contributed by atoms with Gasteiger partial charge in [-0.3, -0.25) is 9.79 Å². The fourth-order valence-corrected chi connectivity index (χ4v) is 3.25. The third-order valence-corrected chi connectivity index (χ3v) is 4.79. The van der Waals surface area contributed by atoms with Gasteiger partial charge in [0.15, 0.2) is 5.96 Å². The Morgan fingerprint density at radius 1 is 1.20 bits per heavy atom. The van der Waals surface area contributed by atoms with Crippen LogP contribution in [0.2, 0.25) is 0 Å². The number of rotatable bonds is 5. The van der Waals surface area contributed by atoms with Crippen molar-refractivity contribution < 1.29 is 9.18 Å². The van der Waals surface area contributed by atoms with Gasteiger partial charge in [0.05, 0.1) is 6.54 Å². The molecule has 1 aliphatic rings. The summed E-state index contributed by atoms with van der Waals surface area (Å²) in [5, 5.41) is 3.32. The van der Waals surface area contributed by atoms with Crippen LogP contribution in [-0.2, 0) is 4.79 Å². The van der Waals surface area contributed by atoms with E-state index < -0.39 is 0 Å². The summed E-state index contributed by atoms with van der Waals surface area (Å²) in [4.78, 5) is 21.2. The van der Waals surface area contributed by atoms with Crippen molar-refractivity contribution in [3.8, 4) is 0 Å². The van der Waals surface area contributed by atoms with E-state index in [1.54, 1.807) is 30.8 Å². The molecule has 140 valence electrons. The van der Waals surface area contributed by atoms with Gasteiger partial charge in [0.25, 0.3) is 0 Å². The predicted molar refractivity (Wildman–Crippen MR) is 112 cm³/mol. The van der Waals surface area contributed by atoms with Crippen molar-refractivity contribution in [3.63, 3.8) is 0 Å². The van der Waals surface area contributed by atoms with Crippen LogP contribution in [0, 0.1) is 5.82 Å². The number of carbonyl (C=O) groups is 1. The van der Waals surface area contributed by atoms with Crippen LogP contribution in [0.4, 0.5) is 4.39 Å². The third kappa shape index (κ3) is 7.39. The Bertz CT molecular complexity index is 562. The summed E-state index contributed by atoms with van der Waals surface area (Å²) >= 11 is 1.67. The number of guanidine groups is 1. The molecule has 2 rings (SSSR count). The molecule has 1 aromatic carbocycles. The minimum Gasteiger partial charge on any atom is -0.357 e. The molecule has 1 fully saturated rings. The van der Waals surface area contributed by atoms with Crippen molar-refractivity contribution >= 4 is 47.6 Å². The number of benzene rings is 1. The molecule has 1 aliphatic heterocycles. The fraction of sp³-hybridized carbons (Fsp3) is 0.529. The van der Waals surface area contributed by atoms with Gasteiger partial charge in [-0.25, -0.2) is 4.39 Å². The Labute approximate surface area is 170 Å². The maximum Gasteiger partial charge on any atom is 0.219 e. The van der Waals surface area contributed by atoms with Crippen LogP contribution < -0.4 is 5.32 Å². The van der Waals surface area contributed by atoms with Crippen LogP contribution in [0.25, 0.3) is 0 Å². The Morgan fingerprint density at radius 2 is 1.80 bits per heavy atom. The molecule has 1 amide bonds. The monoisotopic (exact) mass is 480 g/mol. The van der Waals surface area contributed by atoms with E-state index in [1.165, 1.54) is 12.1 Å². The normalized spacial score (nSPS) is 14.9. The molecule has 0 unspecified atom stereocenters. The number of piperazine rings is 1. The Balaban J connectivity index is 0.00000312. The van der Waals surface area contributed by atoms with Crippen molar-refractivity contribution in [2.45, 2.75) is 18.7 Å². The summed E-state index contributed by atoms with van der Waals surface area (Å²) in [5.74, 6) is 1.66. The van der Waals surface area contributed by atoms with Crippen LogP contribution in [-0.4, -0.2) is 66.7 Å². The second kappa shape index (κ2) is 11.6. The van der Waals surface area contributed by atoms with Crippen molar-refractivity contribution in [1.82, 2.24) is 15.1 Å². The lowest BCUT2D eigenvalue weighted by molar-refractivity contribution is -0.130. The van der Waals surface area contributed by atoms with Gasteiger partial charge in [-0.15, -0.1) is 35.7 Å². The van der Waals surface area contributed by atoms with Gasteiger partial charge in [-0.2, -0.15) is 0 Å². The van der Waals surface area contributed by atoms with Gasteiger partial charge in [0, 0.05) is 50.3 Å². The van der Waals surface area contributed by atoms with Gasteiger partial charge in [-0.05, 0) is 31.2 Å². The number of carbonyl (C=O) groups excluding carboxylic acids is 1. The molecule has 0 bridgehead atoms. The fourth-order valence-electron chi connectivity index (χ4n) is 2.50. The molecule has 1 saturated heterocycles. The summed E-state index contributed by atoms with van der Waals surface area (Å²) < 4.78 is 12.9. The number of hydrogen-bond donors (Lipinski definition) is 1. The number of aliphatic imine (C=N–C) groups is 1.